The number of aromatic nitrogens is 1. The van der Waals surface area contributed by atoms with Crippen molar-refractivity contribution in [2.75, 3.05) is 13.1 Å². The Morgan fingerprint density at radius 3 is 2.92 bits per heavy atom. The lowest BCUT2D eigenvalue weighted by molar-refractivity contribution is -0.149. The molecule has 2 atom stereocenters. The van der Waals surface area contributed by atoms with Crippen LogP contribution in [0.2, 0.25) is 0 Å². The molecule has 2 amide bonds. The Labute approximate surface area is 152 Å². The number of carbonyl (C=O) groups is 2. The number of nitrogens with zero attached hydrogens (tertiary/aromatic N) is 2. The van der Waals surface area contributed by atoms with Gasteiger partial charge in [-0.2, -0.15) is 0 Å². The number of hydrogen-bond acceptors (Lipinski definition) is 5. The fourth-order valence-electron chi connectivity index (χ4n) is 3.87. The van der Waals surface area contributed by atoms with Crippen molar-refractivity contribution in [1.82, 2.24) is 15.4 Å². The minimum atomic E-state index is -0.782. The average molecular weight is 365 g/mol. The maximum atomic E-state index is 12.4. The zero-order valence-electron chi connectivity index (χ0n) is 15.6. The molecule has 1 aliphatic carbocycles. The Balaban J connectivity index is 1.51. The smallest absolute Gasteiger partial charge is 0.317 e. The SMILES string of the molecule is CC(C)(C)OCc1cc(CNC(=O)N2C[C@@H]3CCC[C@@]3(C(=O)O)C2)no1. The van der Waals surface area contributed by atoms with Crippen molar-refractivity contribution in [1.29, 1.82) is 0 Å². The molecule has 1 aromatic heterocycles. The molecule has 3 rings (SSSR count). The number of hydrogen-bond donors (Lipinski definition) is 2. The first-order valence-corrected chi connectivity index (χ1v) is 9.04. The van der Waals surface area contributed by atoms with Crippen molar-refractivity contribution in [3.8, 4) is 0 Å². The molecule has 0 aromatic carbocycles. The van der Waals surface area contributed by atoms with Gasteiger partial charge < -0.3 is 24.6 Å². The van der Waals surface area contributed by atoms with Crippen molar-refractivity contribution >= 4 is 12.0 Å². The quantitative estimate of drug-likeness (QED) is 0.830. The van der Waals surface area contributed by atoms with Crippen LogP contribution in [0.4, 0.5) is 4.79 Å². The van der Waals surface area contributed by atoms with Gasteiger partial charge in [0.2, 0.25) is 0 Å². The van der Waals surface area contributed by atoms with Gasteiger partial charge in [-0.3, -0.25) is 4.79 Å². The molecule has 26 heavy (non-hydrogen) atoms. The topological polar surface area (TPSA) is 105 Å². The van der Waals surface area contributed by atoms with E-state index >= 15 is 0 Å². The highest BCUT2D eigenvalue weighted by Crippen LogP contribution is 2.48. The standard InChI is InChI=1S/C18H27N3O5/c1-17(2,3)25-10-14-7-13(20-26-14)8-19-16(24)21-9-12-5-4-6-18(12,11-21)15(22)23/h7,12H,4-6,8-11H2,1-3H3,(H,19,24)(H,22,23)/t12-,18+/m0/s1. The van der Waals surface area contributed by atoms with E-state index < -0.39 is 11.4 Å². The summed E-state index contributed by atoms with van der Waals surface area (Å²) in [6.07, 6.45) is 2.44. The molecule has 0 unspecified atom stereocenters. The van der Waals surface area contributed by atoms with Crippen LogP contribution in [-0.4, -0.2) is 45.9 Å². The zero-order valence-corrected chi connectivity index (χ0v) is 15.6. The van der Waals surface area contributed by atoms with Gasteiger partial charge in [-0.15, -0.1) is 0 Å². The summed E-state index contributed by atoms with van der Waals surface area (Å²) in [4.78, 5) is 25.7. The summed E-state index contributed by atoms with van der Waals surface area (Å²) in [5, 5.41) is 16.3. The molecule has 0 spiro atoms. The largest absolute Gasteiger partial charge is 0.481 e. The van der Waals surface area contributed by atoms with E-state index in [0.29, 0.717) is 31.0 Å². The van der Waals surface area contributed by atoms with Gasteiger partial charge in [0, 0.05) is 19.2 Å². The number of fused-ring (bicyclic) bond motifs is 1. The Bertz CT molecular complexity index is 681. The van der Waals surface area contributed by atoms with Crippen LogP contribution in [0.25, 0.3) is 0 Å². The Morgan fingerprint density at radius 1 is 1.50 bits per heavy atom. The fourth-order valence-corrected chi connectivity index (χ4v) is 3.87. The lowest BCUT2D eigenvalue weighted by Gasteiger charge is -2.23. The molecule has 1 aliphatic heterocycles. The lowest BCUT2D eigenvalue weighted by atomic mass is 9.81. The predicted molar refractivity (Wildman–Crippen MR) is 92.3 cm³/mol. The normalized spacial score (nSPS) is 25.3. The molecule has 0 radical (unpaired) electrons. The van der Waals surface area contributed by atoms with Crippen LogP contribution in [0.15, 0.2) is 10.6 Å². The molecule has 2 fully saturated rings. The van der Waals surface area contributed by atoms with E-state index in [9.17, 15) is 14.7 Å². The van der Waals surface area contributed by atoms with Crippen LogP contribution < -0.4 is 5.32 Å². The van der Waals surface area contributed by atoms with Gasteiger partial charge in [0.1, 0.15) is 12.3 Å². The third kappa shape index (κ3) is 3.85. The van der Waals surface area contributed by atoms with E-state index in [1.54, 1.807) is 11.0 Å². The van der Waals surface area contributed by atoms with Crippen molar-refractivity contribution in [2.45, 2.75) is 58.8 Å². The molecule has 8 heteroatoms. The van der Waals surface area contributed by atoms with Crippen molar-refractivity contribution in [2.24, 2.45) is 11.3 Å². The van der Waals surface area contributed by atoms with Gasteiger partial charge >= 0.3 is 12.0 Å². The minimum Gasteiger partial charge on any atom is -0.481 e. The van der Waals surface area contributed by atoms with Crippen molar-refractivity contribution in [3.63, 3.8) is 0 Å². The third-order valence-corrected chi connectivity index (χ3v) is 5.26. The number of urea groups is 1. The number of nitrogens with one attached hydrogen (secondary N) is 1. The first-order chi connectivity index (χ1) is 12.2. The van der Waals surface area contributed by atoms with E-state index in [1.165, 1.54) is 0 Å². The van der Waals surface area contributed by atoms with Crippen LogP contribution in [-0.2, 0) is 22.7 Å². The molecule has 2 heterocycles. The van der Waals surface area contributed by atoms with E-state index in [2.05, 4.69) is 10.5 Å². The number of rotatable bonds is 5. The van der Waals surface area contributed by atoms with E-state index in [-0.39, 0.29) is 30.6 Å². The molecule has 1 aromatic rings. The maximum Gasteiger partial charge on any atom is 0.317 e. The molecule has 1 saturated heterocycles. The Morgan fingerprint density at radius 2 is 2.27 bits per heavy atom. The van der Waals surface area contributed by atoms with Crippen molar-refractivity contribution < 1.29 is 24.0 Å². The highest BCUT2D eigenvalue weighted by Gasteiger charge is 2.55. The molecule has 2 aliphatic rings. The highest BCUT2D eigenvalue weighted by molar-refractivity contribution is 5.80. The Hall–Kier alpha value is -2.09. The van der Waals surface area contributed by atoms with Crippen LogP contribution in [0.5, 0.6) is 0 Å². The van der Waals surface area contributed by atoms with Gasteiger partial charge in [0.15, 0.2) is 5.76 Å². The van der Waals surface area contributed by atoms with Crippen LogP contribution in [0, 0.1) is 11.3 Å². The predicted octanol–water partition coefficient (Wildman–Crippen LogP) is 2.39. The number of aliphatic carboxylic acids is 1. The van der Waals surface area contributed by atoms with E-state index in [0.717, 1.165) is 12.8 Å². The summed E-state index contributed by atoms with van der Waals surface area (Å²) in [6, 6.07) is 1.50. The first-order valence-electron chi connectivity index (χ1n) is 9.04. The molecule has 1 saturated carbocycles. The second-order valence-corrected chi connectivity index (χ2v) is 8.28. The average Bonchev–Trinajstić information content (AvgIpc) is 3.23. The van der Waals surface area contributed by atoms with Gasteiger partial charge in [-0.1, -0.05) is 11.6 Å². The number of carboxylic acids is 1. The number of likely N-dealkylation sites (tertiary alicyclic amines) is 1. The summed E-state index contributed by atoms with van der Waals surface area (Å²) < 4.78 is 10.8. The summed E-state index contributed by atoms with van der Waals surface area (Å²) >= 11 is 0. The molecular formula is C18H27N3O5. The summed E-state index contributed by atoms with van der Waals surface area (Å²) in [5.41, 5.74) is -0.421. The van der Waals surface area contributed by atoms with E-state index in [4.69, 9.17) is 9.26 Å². The molecule has 2 N–H and O–H groups in total. The number of carboxylic acid groups (broad SMARTS) is 1. The number of ether oxygens (including phenoxy) is 1. The highest BCUT2D eigenvalue weighted by atomic mass is 16.5. The van der Waals surface area contributed by atoms with Gasteiger partial charge in [-0.25, -0.2) is 4.79 Å². The fraction of sp³-hybridized carbons (Fsp3) is 0.722. The monoisotopic (exact) mass is 365 g/mol. The first kappa shape index (κ1) is 18.7. The van der Waals surface area contributed by atoms with Gasteiger partial charge in [0.05, 0.1) is 17.6 Å². The summed E-state index contributed by atoms with van der Waals surface area (Å²) in [6.45, 7) is 7.21. The van der Waals surface area contributed by atoms with Gasteiger partial charge in [0.25, 0.3) is 0 Å². The number of carbonyl (C=O) groups excluding carboxylic acids is 1. The van der Waals surface area contributed by atoms with Crippen LogP contribution >= 0.6 is 0 Å². The minimum absolute atomic E-state index is 0.0546. The lowest BCUT2D eigenvalue weighted by Crippen LogP contribution is -2.41. The summed E-state index contributed by atoms with van der Waals surface area (Å²) in [7, 11) is 0. The zero-order chi connectivity index (χ0) is 18.9. The van der Waals surface area contributed by atoms with Gasteiger partial charge in [-0.05, 0) is 39.5 Å². The molecule has 144 valence electrons. The molecule has 8 nitrogen and oxygen atoms in total. The maximum absolute atomic E-state index is 12.4. The second kappa shape index (κ2) is 6.90. The van der Waals surface area contributed by atoms with E-state index in [1.807, 2.05) is 20.8 Å². The van der Waals surface area contributed by atoms with Crippen LogP contribution in [0.3, 0.4) is 0 Å². The van der Waals surface area contributed by atoms with Crippen molar-refractivity contribution in [3.05, 3.63) is 17.5 Å². The Kier molecular flexibility index (Phi) is 4.96. The molecular weight excluding hydrogens is 338 g/mol. The number of amides is 2. The van der Waals surface area contributed by atoms with Crippen LogP contribution in [0.1, 0.15) is 51.5 Å². The second-order valence-electron chi connectivity index (χ2n) is 8.28. The molecule has 0 bridgehead atoms. The third-order valence-electron chi connectivity index (χ3n) is 5.26. The summed E-state index contributed by atoms with van der Waals surface area (Å²) in [5.74, 6) is -0.126.